The fraction of sp³-hybridized carbons (Fsp3) is 0.118. The van der Waals surface area contributed by atoms with Crippen LogP contribution in [0.1, 0.15) is 5.69 Å². The molecule has 0 atom stereocenters. The van der Waals surface area contributed by atoms with E-state index in [0.29, 0.717) is 21.7 Å². The van der Waals surface area contributed by atoms with Gasteiger partial charge in [0.05, 0.1) is 17.7 Å². The molecule has 0 radical (unpaired) electrons. The molecule has 132 valence electrons. The number of pyridine rings is 1. The van der Waals surface area contributed by atoms with E-state index in [2.05, 4.69) is 25.7 Å². The number of rotatable bonds is 6. The number of amides is 1. The van der Waals surface area contributed by atoms with Crippen molar-refractivity contribution >= 4 is 35.5 Å². The summed E-state index contributed by atoms with van der Waals surface area (Å²) in [4.78, 5) is 16.0. The minimum atomic E-state index is -0.241. The van der Waals surface area contributed by atoms with Crippen LogP contribution in [0, 0.1) is 0 Å². The van der Waals surface area contributed by atoms with E-state index < -0.39 is 0 Å². The second-order valence-electron chi connectivity index (χ2n) is 5.21. The maximum atomic E-state index is 11.9. The van der Waals surface area contributed by atoms with Gasteiger partial charge >= 0.3 is 0 Å². The van der Waals surface area contributed by atoms with Gasteiger partial charge in [0, 0.05) is 23.8 Å². The van der Waals surface area contributed by atoms with Crippen molar-refractivity contribution in [3.8, 4) is 11.4 Å². The Balaban J connectivity index is 1.56. The predicted molar refractivity (Wildman–Crippen MR) is 102 cm³/mol. The van der Waals surface area contributed by atoms with E-state index in [1.165, 1.54) is 18.0 Å². The van der Waals surface area contributed by atoms with Crippen LogP contribution in [0.15, 0.2) is 58.9 Å². The fourth-order valence-corrected chi connectivity index (χ4v) is 3.00. The molecule has 3 rings (SSSR count). The monoisotopic (exact) mass is 386 g/mol. The van der Waals surface area contributed by atoms with Gasteiger partial charge in [0.15, 0.2) is 11.0 Å². The van der Waals surface area contributed by atoms with Crippen LogP contribution in [0.25, 0.3) is 11.4 Å². The molecule has 0 saturated heterocycles. The molecule has 3 aromatic rings. The summed E-state index contributed by atoms with van der Waals surface area (Å²) >= 11 is 7.29. The number of carbonyl (C=O) groups excluding carboxylic acids is 1. The standard InChI is InChI=1S/C17H15ClN6OS/c1-24-16(12-5-4-6-13(18)9-12)22-23-17(24)26-11-15(25)21-20-10-14-7-2-3-8-19-14/h2-10H,11H2,1H3,(H,21,25)/b20-10-. The average molecular weight is 387 g/mol. The molecule has 26 heavy (non-hydrogen) atoms. The number of halogens is 1. The maximum absolute atomic E-state index is 11.9. The number of carbonyl (C=O) groups is 1. The first-order chi connectivity index (χ1) is 12.6. The molecule has 0 spiro atoms. The number of hydrogen-bond acceptors (Lipinski definition) is 6. The van der Waals surface area contributed by atoms with Crippen molar-refractivity contribution in [3.05, 3.63) is 59.4 Å². The van der Waals surface area contributed by atoms with Crippen LogP contribution in [0.5, 0.6) is 0 Å². The van der Waals surface area contributed by atoms with Crippen LogP contribution in [0.2, 0.25) is 5.02 Å². The first kappa shape index (κ1) is 18.1. The van der Waals surface area contributed by atoms with Crippen LogP contribution >= 0.6 is 23.4 Å². The quantitative estimate of drug-likeness (QED) is 0.400. The molecule has 2 aromatic heterocycles. The smallest absolute Gasteiger partial charge is 0.250 e. The van der Waals surface area contributed by atoms with Crippen LogP contribution in [-0.2, 0) is 11.8 Å². The molecule has 0 aliphatic carbocycles. The second kappa shape index (κ2) is 8.59. The van der Waals surface area contributed by atoms with Crippen LogP contribution < -0.4 is 5.43 Å². The van der Waals surface area contributed by atoms with Gasteiger partial charge in [0.2, 0.25) is 0 Å². The summed E-state index contributed by atoms with van der Waals surface area (Å²) in [6.45, 7) is 0. The highest BCUT2D eigenvalue weighted by molar-refractivity contribution is 7.99. The van der Waals surface area contributed by atoms with Gasteiger partial charge < -0.3 is 4.57 Å². The van der Waals surface area contributed by atoms with Crippen molar-refractivity contribution in [2.45, 2.75) is 5.16 Å². The Morgan fingerprint density at radius 3 is 2.96 bits per heavy atom. The van der Waals surface area contributed by atoms with E-state index in [1.807, 2.05) is 41.9 Å². The summed E-state index contributed by atoms with van der Waals surface area (Å²) in [5, 5.41) is 13.4. The second-order valence-corrected chi connectivity index (χ2v) is 6.59. The molecule has 0 saturated carbocycles. The Morgan fingerprint density at radius 1 is 1.31 bits per heavy atom. The van der Waals surface area contributed by atoms with Gasteiger partial charge in [-0.05, 0) is 24.3 Å². The molecule has 0 aliphatic rings. The first-order valence-corrected chi connectivity index (χ1v) is 9.01. The number of benzene rings is 1. The van der Waals surface area contributed by atoms with E-state index in [1.54, 1.807) is 18.3 Å². The van der Waals surface area contributed by atoms with Gasteiger partial charge in [-0.2, -0.15) is 5.10 Å². The molecule has 1 aromatic carbocycles. The topological polar surface area (TPSA) is 85.1 Å². The Morgan fingerprint density at radius 2 is 2.19 bits per heavy atom. The first-order valence-electron chi connectivity index (χ1n) is 7.64. The normalized spacial score (nSPS) is 11.0. The molecular weight excluding hydrogens is 372 g/mol. The minimum absolute atomic E-state index is 0.168. The molecule has 0 bridgehead atoms. The lowest BCUT2D eigenvalue weighted by Crippen LogP contribution is -2.20. The largest absolute Gasteiger partial charge is 0.305 e. The SMILES string of the molecule is Cn1c(SCC(=O)N/N=C\c2ccccn2)nnc1-c1cccc(Cl)c1. The summed E-state index contributed by atoms with van der Waals surface area (Å²) in [5.74, 6) is 0.610. The van der Waals surface area contributed by atoms with Gasteiger partial charge in [0.1, 0.15) is 0 Å². The molecule has 0 unspecified atom stereocenters. The van der Waals surface area contributed by atoms with E-state index in [9.17, 15) is 4.79 Å². The van der Waals surface area contributed by atoms with Crippen LogP contribution in [-0.4, -0.2) is 37.6 Å². The van der Waals surface area contributed by atoms with Gasteiger partial charge in [-0.3, -0.25) is 9.78 Å². The number of aromatic nitrogens is 4. The van der Waals surface area contributed by atoms with Crippen molar-refractivity contribution in [1.82, 2.24) is 25.2 Å². The summed E-state index contributed by atoms with van der Waals surface area (Å²) < 4.78 is 1.82. The van der Waals surface area contributed by atoms with E-state index in [4.69, 9.17) is 11.6 Å². The molecule has 7 nitrogen and oxygen atoms in total. The third-order valence-corrected chi connectivity index (χ3v) is 4.58. The zero-order chi connectivity index (χ0) is 18.4. The molecule has 1 N–H and O–H groups in total. The number of hydrogen-bond donors (Lipinski definition) is 1. The number of thioether (sulfide) groups is 1. The minimum Gasteiger partial charge on any atom is -0.305 e. The lowest BCUT2D eigenvalue weighted by Gasteiger charge is -2.04. The zero-order valence-corrected chi connectivity index (χ0v) is 15.4. The third-order valence-electron chi connectivity index (χ3n) is 3.32. The van der Waals surface area contributed by atoms with Gasteiger partial charge in [-0.1, -0.05) is 41.6 Å². The number of nitrogens with zero attached hydrogens (tertiary/aromatic N) is 5. The van der Waals surface area contributed by atoms with Crippen molar-refractivity contribution in [3.63, 3.8) is 0 Å². The van der Waals surface area contributed by atoms with Crippen LogP contribution in [0.4, 0.5) is 0 Å². The lowest BCUT2D eigenvalue weighted by molar-refractivity contribution is -0.118. The van der Waals surface area contributed by atoms with Crippen LogP contribution in [0.3, 0.4) is 0 Å². The molecule has 0 fully saturated rings. The van der Waals surface area contributed by atoms with Crippen molar-refractivity contribution in [2.75, 3.05) is 5.75 Å². The van der Waals surface area contributed by atoms with Crippen molar-refractivity contribution < 1.29 is 4.79 Å². The molecule has 2 heterocycles. The van der Waals surface area contributed by atoms with Gasteiger partial charge in [0.25, 0.3) is 5.91 Å². The molecule has 0 aliphatic heterocycles. The zero-order valence-electron chi connectivity index (χ0n) is 13.8. The highest BCUT2D eigenvalue weighted by Gasteiger charge is 2.13. The Labute approximate surface area is 159 Å². The van der Waals surface area contributed by atoms with Gasteiger partial charge in [-0.15, -0.1) is 10.2 Å². The summed E-state index contributed by atoms with van der Waals surface area (Å²) in [6.07, 6.45) is 3.15. The van der Waals surface area contributed by atoms with Gasteiger partial charge in [-0.25, -0.2) is 5.43 Å². The number of hydrazone groups is 1. The van der Waals surface area contributed by atoms with E-state index in [0.717, 1.165) is 5.56 Å². The maximum Gasteiger partial charge on any atom is 0.250 e. The Kier molecular flexibility index (Phi) is 5.98. The Bertz CT molecular complexity index is 928. The summed E-state index contributed by atoms with van der Waals surface area (Å²) in [5.41, 5.74) is 3.99. The molecule has 9 heteroatoms. The highest BCUT2D eigenvalue weighted by Crippen LogP contribution is 2.24. The summed E-state index contributed by atoms with van der Waals surface area (Å²) in [7, 11) is 1.84. The van der Waals surface area contributed by atoms with E-state index >= 15 is 0 Å². The average Bonchev–Trinajstić information content (AvgIpc) is 3.01. The Hall–Kier alpha value is -2.71. The molecule has 1 amide bonds. The lowest BCUT2D eigenvalue weighted by atomic mass is 10.2. The summed E-state index contributed by atoms with van der Waals surface area (Å²) in [6, 6.07) is 12.8. The highest BCUT2D eigenvalue weighted by atomic mass is 35.5. The third kappa shape index (κ3) is 4.68. The predicted octanol–water partition coefficient (Wildman–Crippen LogP) is 2.77. The van der Waals surface area contributed by atoms with Crippen molar-refractivity contribution in [1.29, 1.82) is 0 Å². The fourth-order valence-electron chi connectivity index (χ4n) is 2.10. The molecular formula is C17H15ClN6OS. The van der Waals surface area contributed by atoms with Crippen molar-refractivity contribution in [2.24, 2.45) is 12.1 Å². The number of nitrogens with one attached hydrogen (secondary N) is 1. The van der Waals surface area contributed by atoms with E-state index in [-0.39, 0.29) is 11.7 Å².